The normalized spacial score (nSPS) is 10.2. The van der Waals surface area contributed by atoms with Crippen molar-refractivity contribution in [3.63, 3.8) is 0 Å². The molecule has 3 N–H and O–H groups in total. The fourth-order valence-electron chi connectivity index (χ4n) is 1.55. The predicted octanol–water partition coefficient (Wildman–Crippen LogP) is 2.42. The van der Waals surface area contributed by atoms with Crippen molar-refractivity contribution in [2.24, 2.45) is 0 Å². The summed E-state index contributed by atoms with van der Waals surface area (Å²) in [7, 11) is 1.55. The summed E-state index contributed by atoms with van der Waals surface area (Å²) in [6.45, 7) is 3.23. The van der Waals surface area contributed by atoms with Crippen molar-refractivity contribution in [1.29, 1.82) is 0 Å². The Bertz CT molecular complexity index is 408. The minimum absolute atomic E-state index is 0.111. The maximum absolute atomic E-state index is 11.7. The monoisotopic (exact) mass is 266 g/mol. The van der Waals surface area contributed by atoms with Gasteiger partial charge in [0, 0.05) is 12.3 Å². The van der Waals surface area contributed by atoms with Crippen LogP contribution in [0.2, 0.25) is 0 Å². The zero-order chi connectivity index (χ0) is 14.1. The number of nitrogens with one attached hydrogen (secondary N) is 1. The maximum Gasteiger partial charge on any atom is 0.226 e. The third kappa shape index (κ3) is 5.61. The Balaban J connectivity index is 2.41. The van der Waals surface area contributed by atoms with Crippen LogP contribution in [0.5, 0.6) is 5.75 Å². The van der Waals surface area contributed by atoms with Crippen LogP contribution in [0.3, 0.4) is 0 Å². The van der Waals surface area contributed by atoms with E-state index in [0.29, 0.717) is 36.8 Å². The molecule has 0 aromatic heterocycles. The molecule has 19 heavy (non-hydrogen) atoms. The SMILES string of the molecule is CCCCOCCC(=O)Nc1cc(N)ccc1OC. The molecule has 0 fully saturated rings. The zero-order valence-corrected chi connectivity index (χ0v) is 11.6. The third-order valence-corrected chi connectivity index (χ3v) is 2.61. The molecule has 0 heterocycles. The number of nitrogens with two attached hydrogens (primary N) is 1. The second-order valence-electron chi connectivity index (χ2n) is 4.22. The molecule has 0 saturated heterocycles. The number of ether oxygens (including phenoxy) is 2. The molecule has 0 aliphatic heterocycles. The lowest BCUT2D eigenvalue weighted by Crippen LogP contribution is -2.15. The first-order valence-corrected chi connectivity index (χ1v) is 6.48. The minimum Gasteiger partial charge on any atom is -0.495 e. The van der Waals surface area contributed by atoms with Crippen LogP contribution in [0.4, 0.5) is 11.4 Å². The third-order valence-electron chi connectivity index (χ3n) is 2.61. The number of unbranched alkanes of at least 4 members (excludes halogenated alkanes) is 1. The Morgan fingerprint density at radius 2 is 2.16 bits per heavy atom. The molecule has 5 heteroatoms. The topological polar surface area (TPSA) is 73.6 Å². The fourth-order valence-corrected chi connectivity index (χ4v) is 1.55. The summed E-state index contributed by atoms with van der Waals surface area (Å²) < 4.78 is 10.5. The Labute approximate surface area is 114 Å². The highest BCUT2D eigenvalue weighted by Crippen LogP contribution is 2.26. The van der Waals surface area contributed by atoms with Gasteiger partial charge in [0.1, 0.15) is 5.75 Å². The number of amides is 1. The number of hydrogen-bond donors (Lipinski definition) is 2. The van der Waals surface area contributed by atoms with E-state index in [9.17, 15) is 4.79 Å². The van der Waals surface area contributed by atoms with Gasteiger partial charge in [0.2, 0.25) is 5.91 Å². The summed E-state index contributed by atoms with van der Waals surface area (Å²) in [4.78, 5) is 11.7. The molecule has 1 aromatic carbocycles. The summed E-state index contributed by atoms with van der Waals surface area (Å²) in [5.41, 5.74) is 6.84. The average Bonchev–Trinajstić information content (AvgIpc) is 2.39. The zero-order valence-electron chi connectivity index (χ0n) is 11.6. The lowest BCUT2D eigenvalue weighted by Gasteiger charge is -2.11. The highest BCUT2D eigenvalue weighted by atomic mass is 16.5. The molecular formula is C14H22N2O3. The Kier molecular flexibility index (Phi) is 6.74. The number of carbonyl (C=O) groups is 1. The standard InChI is InChI=1S/C14H22N2O3/c1-3-4-8-19-9-7-14(17)16-12-10-11(15)5-6-13(12)18-2/h5-6,10H,3-4,7-9,15H2,1-2H3,(H,16,17). The first-order chi connectivity index (χ1) is 9.17. The Hall–Kier alpha value is -1.75. The number of hydrogen-bond acceptors (Lipinski definition) is 4. The summed E-state index contributed by atoms with van der Waals surface area (Å²) >= 11 is 0. The van der Waals surface area contributed by atoms with Gasteiger partial charge in [0.25, 0.3) is 0 Å². The fraction of sp³-hybridized carbons (Fsp3) is 0.500. The molecule has 0 unspecified atom stereocenters. The van der Waals surface area contributed by atoms with Crippen LogP contribution in [-0.4, -0.2) is 26.2 Å². The van der Waals surface area contributed by atoms with Crippen molar-refractivity contribution in [1.82, 2.24) is 0 Å². The van der Waals surface area contributed by atoms with Crippen molar-refractivity contribution in [3.05, 3.63) is 18.2 Å². The number of carbonyl (C=O) groups excluding carboxylic acids is 1. The quantitative estimate of drug-likeness (QED) is 0.560. The molecule has 5 nitrogen and oxygen atoms in total. The van der Waals surface area contributed by atoms with E-state index in [1.807, 2.05) is 0 Å². The first-order valence-electron chi connectivity index (χ1n) is 6.48. The second kappa shape index (κ2) is 8.37. The van der Waals surface area contributed by atoms with Gasteiger partial charge in [-0.3, -0.25) is 4.79 Å². The van der Waals surface area contributed by atoms with Crippen LogP contribution in [0.1, 0.15) is 26.2 Å². The number of methoxy groups -OCH3 is 1. The van der Waals surface area contributed by atoms with Gasteiger partial charge in [-0.2, -0.15) is 0 Å². The summed E-state index contributed by atoms with van der Waals surface area (Å²) in [5.74, 6) is 0.481. The molecule has 0 aliphatic rings. The first kappa shape index (κ1) is 15.3. The van der Waals surface area contributed by atoms with E-state index in [1.165, 1.54) is 0 Å². The molecule has 0 aliphatic carbocycles. The van der Waals surface area contributed by atoms with Gasteiger partial charge in [0.15, 0.2) is 0 Å². The molecule has 0 spiro atoms. The van der Waals surface area contributed by atoms with E-state index < -0.39 is 0 Å². The van der Waals surface area contributed by atoms with Gasteiger partial charge in [0.05, 0.1) is 25.8 Å². The van der Waals surface area contributed by atoms with E-state index >= 15 is 0 Å². The summed E-state index contributed by atoms with van der Waals surface area (Å²) in [6, 6.07) is 5.12. The van der Waals surface area contributed by atoms with E-state index in [2.05, 4.69) is 12.2 Å². The molecule has 1 rings (SSSR count). The van der Waals surface area contributed by atoms with Gasteiger partial charge in [-0.05, 0) is 24.6 Å². The molecule has 106 valence electrons. The van der Waals surface area contributed by atoms with Crippen LogP contribution in [0, 0.1) is 0 Å². The summed E-state index contributed by atoms with van der Waals surface area (Å²) in [5, 5.41) is 2.77. The van der Waals surface area contributed by atoms with Gasteiger partial charge in [-0.15, -0.1) is 0 Å². The van der Waals surface area contributed by atoms with Crippen molar-refractivity contribution < 1.29 is 14.3 Å². The van der Waals surface area contributed by atoms with Crippen molar-refractivity contribution in [2.45, 2.75) is 26.2 Å². The van der Waals surface area contributed by atoms with Crippen LogP contribution >= 0.6 is 0 Å². The molecule has 0 atom stereocenters. The van der Waals surface area contributed by atoms with E-state index in [-0.39, 0.29) is 5.91 Å². The van der Waals surface area contributed by atoms with Gasteiger partial charge < -0.3 is 20.5 Å². The molecule has 1 aromatic rings. The van der Waals surface area contributed by atoms with E-state index in [1.54, 1.807) is 25.3 Å². The minimum atomic E-state index is -0.111. The predicted molar refractivity (Wildman–Crippen MR) is 76.4 cm³/mol. The van der Waals surface area contributed by atoms with Crippen LogP contribution in [0.15, 0.2) is 18.2 Å². The highest BCUT2D eigenvalue weighted by molar-refractivity contribution is 5.92. The van der Waals surface area contributed by atoms with Gasteiger partial charge >= 0.3 is 0 Å². The lowest BCUT2D eigenvalue weighted by molar-refractivity contribution is -0.117. The van der Waals surface area contributed by atoms with Gasteiger partial charge in [-0.1, -0.05) is 13.3 Å². The summed E-state index contributed by atoms with van der Waals surface area (Å²) in [6.07, 6.45) is 2.43. The highest BCUT2D eigenvalue weighted by Gasteiger charge is 2.07. The number of rotatable bonds is 8. The van der Waals surface area contributed by atoms with E-state index in [4.69, 9.17) is 15.2 Å². The Morgan fingerprint density at radius 3 is 2.84 bits per heavy atom. The largest absolute Gasteiger partial charge is 0.495 e. The Morgan fingerprint density at radius 1 is 1.37 bits per heavy atom. The maximum atomic E-state index is 11.7. The molecule has 1 amide bonds. The molecule has 0 saturated carbocycles. The van der Waals surface area contributed by atoms with Crippen LogP contribution < -0.4 is 15.8 Å². The second-order valence-corrected chi connectivity index (χ2v) is 4.22. The van der Waals surface area contributed by atoms with Crippen molar-refractivity contribution in [2.75, 3.05) is 31.4 Å². The smallest absolute Gasteiger partial charge is 0.226 e. The number of benzene rings is 1. The number of nitrogen functional groups attached to an aromatic ring is 1. The molecule has 0 radical (unpaired) electrons. The van der Waals surface area contributed by atoms with Crippen molar-refractivity contribution in [3.8, 4) is 5.75 Å². The molecule has 0 bridgehead atoms. The van der Waals surface area contributed by atoms with E-state index in [0.717, 1.165) is 12.8 Å². The van der Waals surface area contributed by atoms with Crippen LogP contribution in [-0.2, 0) is 9.53 Å². The van der Waals surface area contributed by atoms with Crippen LogP contribution in [0.25, 0.3) is 0 Å². The number of anilines is 2. The average molecular weight is 266 g/mol. The molecular weight excluding hydrogens is 244 g/mol. The lowest BCUT2D eigenvalue weighted by atomic mass is 10.2. The van der Waals surface area contributed by atoms with Crippen molar-refractivity contribution >= 4 is 17.3 Å². The van der Waals surface area contributed by atoms with Gasteiger partial charge in [-0.25, -0.2) is 0 Å².